The molecule has 0 aromatic heterocycles. The van der Waals surface area contributed by atoms with E-state index >= 15 is 0 Å². The molecule has 24 heavy (non-hydrogen) atoms. The fraction of sp³-hybridized carbons (Fsp3) is 1.00. The van der Waals surface area contributed by atoms with Crippen LogP contribution >= 0.6 is 0 Å². The topological polar surface area (TPSA) is 29.5 Å². The van der Waals surface area contributed by atoms with Gasteiger partial charge < -0.3 is 5.11 Å². The van der Waals surface area contributed by atoms with Gasteiger partial charge >= 0.3 is 42.3 Å². The largest absolute Gasteiger partial charge is 0.460 e. The van der Waals surface area contributed by atoms with Crippen LogP contribution in [0.5, 0.6) is 0 Å². The smallest absolute Gasteiger partial charge is 0.331 e. The van der Waals surface area contributed by atoms with E-state index in [1.54, 1.807) is 0 Å². The van der Waals surface area contributed by atoms with Gasteiger partial charge in [0.2, 0.25) is 0 Å². The van der Waals surface area contributed by atoms with Crippen molar-refractivity contribution in [2.45, 2.75) is 42.3 Å². The highest BCUT2D eigenvalue weighted by atomic mass is 19.4. The fourth-order valence-electron chi connectivity index (χ4n) is 0.891. The van der Waals surface area contributed by atoms with E-state index in [0.29, 0.717) is 0 Å². The summed E-state index contributed by atoms with van der Waals surface area (Å²) < 4.78 is 184. The molecule has 0 fully saturated rings. The van der Waals surface area contributed by atoms with E-state index in [9.17, 15) is 65.9 Å². The summed E-state index contributed by atoms with van der Waals surface area (Å²) in [7, 11) is 0. The number of hydrogen-bond donors (Lipinski definition) is 1. The first-order chi connectivity index (χ1) is 9.96. The fourth-order valence-corrected chi connectivity index (χ4v) is 0.891. The van der Waals surface area contributed by atoms with Crippen LogP contribution in [0.25, 0.3) is 0 Å². The second-order valence-corrected chi connectivity index (χ2v) is 3.90. The lowest BCUT2D eigenvalue weighted by molar-refractivity contribution is -0.532. The summed E-state index contributed by atoms with van der Waals surface area (Å²) in [6.07, 6.45) is -29.9. The molecule has 0 spiro atoms. The molecule has 146 valence electrons. The van der Waals surface area contributed by atoms with Gasteiger partial charge in [-0.1, -0.05) is 0 Å². The Labute approximate surface area is 119 Å². The van der Waals surface area contributed by atoms with Gasteiger partial charge in [-0.2, -0.15) is 65.9 Å². The first-order valence-electron chi connectivity index (χ1n) is 4.72. The van der Waals surface area contributed by atoms with Crippen molar-refractivity contribution < 1.29 is 75.7 Å². The normalized spacial score (nSPS) is 18.5. The number of aliphatic hydroxyl groups is 1. The van der Waals surface area contributed by atoms with E-state index in [1.807, 2.05) is 0 Å². The molecule has 0 amide bonds. The zero-order chi connectivity index (χ0) is 20.2. The summed E-state index contributed by atoms with van der Waals surface area (Å²) in [6.45, 7) is 0. The Morgan fingerprint density at radius 3 is 1.04 bits per heavy atom. The van der Waals surface area contributed by atoms with Gasteiger partial charge in [0.05, 0.1) is 0 Å². The highest BCUT2D eigenvalue weighted by Gasteiger charge is 2.86. The third kappa shape index (κ3) is 3.31. The molecule has 0 aromatic rings. The molecule has 1 unspecified atom stereocenters. The number of hydrogen-bond acceptors (Lipinski definition) is 2. The highest BCUT2D eigenvalue weighted by molar-refractivity contribution is 4.99. The van der Waals surface area contributed by atoms with Crippen molar-refractivity contribution in [2.24, 2.45) is 0 Å². The van der Waals surface area contributed by atoms with Crippen LogP contribution in [0.2, 0.25) is 0 Å². The lowest BCUT2D eigenvalue weighted by Gasteiger charge is -2.38. The second kappa shape index (κ2) is 5.43. The Bertz CT molecular complexity index is 440. The molecule has 1 N–H and O–H groups in total. The van der Waals surface area contributed by atoms with Crippen molar-refractivity contribution in [1.29, 1.82) is 0 Å². The number of ether oxygens (including phenoxy) is 1. The number of rotatable bonds is 5. The highest BCUT2D eigenvalue weighted by Crippen LogP contribution is 2.57. The molecule has 0 saturated heterocycles. The molecular weight excluding hydrogens is 401 g/mol. The van der Waals surface area contributed by atoms with Gasteiger partial charge in [0, 0.05) is 0 Å². The van der Waals surface area contributed by atoms with Crippen molar-refractivity contribution >= 4 is 0 Å². The Morgan fingerprint density at radius 1 is 0.500 bits per heavy atom. The Balaban J connectivity index is 6.17. The van der Waals surface area contributed by atoms with Gasteiger partial charge in [-0.05, 0) is 0 Å². The van der Waals surface area contributed by atoms with Crippen LogP contribution in [0.1, 0.15) is 0 Å². The maximum Gasteiger partial charge on any atom is 0.460 e. The van der Waals surface area contributed by atoms with E-state index in [4.69, 9.17) is 5.11 Å². The standard InChI is InChI=1S/C7HF15O2/c8-1(9,4(13,14)15)2(10,11)7(21,22)24-3(12,5(16,17)18)6(19,20)23/h23H. The predicted octanol–water partition coefficient (Wildman–Crippen LogP) is 4.24. The molecule has 1 atom stereocenters. The first-order valence-corrected chi connectivity index (χ1v) is 4.72. The van der Waals surface area contributed by atoms with E-state index in [-0.39, 0.29) is 0 Å². The minimum absolute atomic E-state index is 1.25. The second-order valence-electron chi connectivity index (χ2n) is 3.90. The number of halogens is 15. The third-order valence-corrected chi connectivity index (χ3v) is 2.14. The lowest BCUT2D eigenvalue weighted by Crippen LogP contribution is -2.67. The van der Waals surface area contributed by atoms with E-state index in [0.717, 1.165) is 0 Å². The van der Waals surface area contributed by atoms with Gasteiger partial charge in [0.15, 0.2) is 0 Å². The molecule has 17 heteroatoms. The van der Waals surface area contributed by atoms with Crippen LogP contribution in [-0.2, 0) is 4.74 Å². The molecule has 0 aliphatic carbocycles. The minimum atomic E-state index is -7.98. The van der Waals surface area contributed by atoms with Crippen LogP contribution in [-0.4, -0.2) is 47.4 Å². The summed E-state index contributed by atoms with van der Waals surface area (Å²) in [4.78, 5) is 0. The molecule has 0 bridgehead atoms. The van der Waals surface area contributed by atoms with Crippen LogP contribution < -0.4 is 0 Å². The van der Waals surface area contributed by atoms with Crippen LogP contribution in [0.4, 0.5) is 65.9 Å². The van der Waals surface area contributed by atoms with E-state index in [1.165, 1.54) is 4.74 Å². The summed E-state index contributed by atoms with van der Waals surface area (Å²) in [5.74, 6) is -23.3. The Hall–Kier alpha value is -1.13. The van der Waals surface area contributed by atoms with Gasteiger partial charge in [0.25, 0.3) is 0 Å². The maximum absolute atomic E-state index is 12.8. The van der Waals surface area contributed by atoms with Crippen molar-refractivity contribution in [2.75, 3.05) is 0 Å². The zero-order valence-electron chi connectivity index (χ0n) is 10.0. The summed E-state index contributed by atoms with van der Waals surface area (Å²) in [5.41, 5.74) is 0. The summed E-state index contributed by atoms with van der Waals surface area (Å²) >= 11 is 0. The van der Waals surface area contributed by atoms with E-state index < -0.39 is 42.3 Å². The zero-order valence-corrected chi connectivity index (χ0v) is 10.0. The summed E-state index contributed by atoms with van der Waals surface area (Å²) in [6, 6.07) is 0. The van der Waals surface area contributed by atoms with Gasteiger partial charge in [-0.25, -0.2) is 0 Å². The van der Waals surface area contributed by atoms with Crippen LogP contribution in [0.3, 0.4) is 0 Å². The molecule has 0 saturated carbocycles. The maximum atomic E-state index is 12.8. The SMILES string of the molecule is OC(F)(F)C(F)(OC(F)(F)C(F)(F)C(F)(F)C(F)(F)F)C(F)(F)F. The minimum Gasteiger partial charge on any atom is -0.331 e. The monoisotopic (exact) mass is 402 g/mol. The molecule has 0 rings (SSSR count). The van der Waals surface area contributed by atoms with Crippen molar-refractivity contribution in [1.82, 2.24) is 0 Å². The average Bonchev–Trinajstić information content (AvgIpc) is 2.22. The Morgan fingerprint density at radius 2 is 0.833 bits per heavy atom. The van der Waals surface area contributed by atoms with Crippen LogP contribution in [0.15, 0.2) is 0 Å². The van der Waals surface area contributed by atoms with Crippen molar-refractivity contribution in [3.63, 3.8) is 0 Å². The first kappa shape index (κ1) is 22.9. The van der Waals surface area contributed by atoms with Gasteiger partial charge in [0.1, 0.15) is 0 Å². The third-order valence-electron chi connectivity index (χ3n) is 2.14. The Kier molecular flexibility index (Phi) is 5.18. The number of alkyl halides is 15. The molecular formula is C7HF15O2. The quantitative estimate of drug-likeness (QED) is 0.698. The van der Waals surface area contributed by atoms with Crippen LogP contribution in [0, 0.1) is 0 Å². The summed E-state index contributed by atoms with van der Waals surface area (Å²) in [5, 5.41) is 7.52. The van der Waals surface area contributed by atoms with Gasteiger partial charge in [-0.15, -0.1) is 0 Å². The molecule has 0 radical (unpaired) electrons. The molecule has 0 aromatic carbocycles. The lowest BCUT2D eigenvalue weighted by atomic mass is 10.1. The van der Waals surface area contributed by atoms with E-state index in [2.05, 4.69) is 0 Å². The molecule has 0 aliphatic heterocycles. The van der Waals surface area contributed by atoms with Gasteiger partial charge in [-0.3, -0.25) is 4.74 Å². The molecule has 0 aliphatic rings. The predicted molar refractivity (Wildman–Crippen MR) is 39.0 cm³/mol. The molecule has 0 heterocycles. The van der Waals surface area contributed by atoms with Crippen molar-refractivity contribution in [3.05, 3.63) is 0 Å². The average molecular weight is 402 g/mol. The molecule has 2 nitrogen and oxygen atoms in total. The van der Waals surface area contributed by atoms with Crippen molar-refractivity contribution in [3.8, 4) is 0 Å².